The molecule has 0 fully saturated rings. The van der Waals surface area contributed by atoms with Crippen molar-refractivity contribution >= 4 is 34.0 Å². The first-order chi connectivity index (χ1) is 13.5. The number of nitrogens with zero attached hydrogens (tertiary/aromatic N) is 2. The average molecular weight is 372 g/mol. The van der Waals surface area contributed by atoms with E-state index in [9.17, 15) is 9.59 Å². The second-order valence-corrected chi connectivity index (χ2v) is 7.27. The molecule has 4 rings (SSSR count). The van der Waals surface area contributed by atoms with Gasteiger partial charge in [-0.3, -0.25) is 9.59 Å². The summed E-state index contributed by atoms with van der Waals surface area (Å²) in [4.78, 5) is 30.3. The number of carbonyl (C=O) groups excluding carboxylic acids is 2. The van der Waals surface area contributed by atoms with Gasteiger partial charge in [-0.15, -0.1) is 0 Å². The van der Waals surface area contributed by atoms with E-state index >= 15 is 0 Å². The second kappa shape index (κ2) is 6.79. The van der Waals surface area contributed by atoms with Gasteiger partial charge in [0.1, 0.15) is 0 Å². The molecule has 1 aliphatic heterocycles. The zero-order chi connectivity index (χ0) is 20.0. The summed E-state index contributed by atoms with van der Waals surface area (Å²) in [5.74, 6) is -0.515. The average Bonchev–Trinajstić information content (AvgIpc) is 2.69. The number of hydrogen-bond donors (Lipinski definition) is 0. The summed E-state index contributed by atoms with van der Waals surface area (Å²) in [5, 5.41) is 1.73. The highest BCUT2D eigenvalue weighted by Crippen LogP contribution is 2.38. The fourth-order valence-corrected chi connectivity index (χ4v) is 4.20. The van der Waals surface area contributed by atoms with Crippen LogP contribution in [0.15, 0.2) is 48.5 Å². The summed E-state index contributed by atoms with van der Waals surface area (Å²) >= 11 is 0. The van der Waals surface area contributed by atoms with Crippen molar-refractivity contribution in [2.75, 3.05) is 22.9 Å². The van der Waals surface area contributed by atoms with E-state index in [1.807, 2.05) is 62.4 Å². The van der Waals surface area contributed by atoms with Gasteiger partial charge in [-0.05, 0) is 57.5 Å². The van der Waals surface area contributed by atoms with E-state index in [1.165, 1.54) is 4.90 Å². The molecule has 1 heterocycles. The van der Waals surface area contributed by atoms with Gasteiger partial charge in [0, 0.05) is 40.7 Å². The maximum Gasteiger partial charge on any atom is 0.265 e. The Labute approximate surface area is 165 Å². The number of anilines is 2. The highest BCUT2D eigenvalue weighted by molar-refractivity contribution is 6.36. The standard InChI is InChI=1S/C24H24N2O2/c1-5-25(6-2)21-13-11-19-22-17(21)8-7-9-18(22)23(27)26(24(19)28)20-12-10-15(3)14-16(20)4/h7-14H,5-6H2,1-4H3. The van der Waals surface area contributed by atoms with E-state index in [1.54, 1.807) is 0 Å². The fraction of sp³-hybridized carbons (Fsp3) is 0.250. The molecule has 0 saturated heterocycles. The van der Waals surface area contributed by atoms with Crippen molar-refractivity contribution in [2.45, 2.75) is 27.7 Å². The second-order valence-electron chi connectivity index (χ2n) is 7.27. The quantitative estimate of drug-likeness (QED) is 0.598. The van der Waals surface area contributed by atoms with Gasteiger partial charge in [0.15, 0.2) is 0 Å². The molecular weight excluding hydrogens is 348 g/mol. The first-order valence-electron chi connectivity index (χ1n) is 9.74. The monoisotopic (exact) mass is 372 g/mol. The molecule has 0 N–H and O–H groups in total. The lowest BCUT2D eigenvalue weighted by Crippen LogP contribution is -2.41. The molecular formula is C24H24N2O2. The Morgan fingerprint density at radius 3 is 2.18 bits per heavy atom. The van der Waals surface area contributed by atoms with Gasteiger partial charge in [-0.25, -0.2) is 4.90 Å². The van der Waals surface area contributed by atoms with Gasteiger partial charge >= 0.3 is 0 Å². The van der Waals surface area contributed by atoms with Crippen molar-refractivity contribution < 1.29 is 9.59 Å². The molecule has 1 aliphatic rings. The molecule has 0 aromatic heterocycles. The third-order valence-electron chi connectivity index (χ3n) is 5.58. The van der Waals surface area contributed by atoms with Crippen molar-refractivity contribution in [3.63, 3.8) is 0 Å². The third-order valence-corrected chi connectivity index (χ3v) is 5.58. The van der Waals surface area contributed by atoms with Crippen LogP contribution < -0.4 is 9.80 Å². The third kappa shape index (κ3) is 2.60. The Hall–Kier alpha value is -3.14. The molecule has 0 bridgehead atoms. The summed E-state index contributed by atoms with van der Waals surface area (Å²) in [7, 11) is 0. The highest BCUT2D eigenvalue weighted by atomic mass is 16.2. The zero-order valence-electron chi connectivity index (χ0n) is 16.7. The molecule has 4 nitrogen and oxygen atoms in total. The Morgan fingerprint density at radius 1 is 0.857 bits per heavy atom. The maximum absolute atomic E-state index is 13.4. The first kappa shape index (κ1) is 18.2. The van der Waals surface area contributed by atoms with Crippen LogP contribution >= 0.6 is 0 Å². The van der Waals surface area contributed by atoms with Gasteiger partial charge in [0.25, 0.3) is 11.8 Å². The Kier molecular flexibility index (Phi) is 4.42. The van der Waals surface area contributed by atoms with Crippen molar-refractivity contribution in [3.8, 4) is 0 Å². The summed E-state index contributed by atoms with van der Waals surface area (Å²) in [6, 6.07) is 15.4. The Balaban J connectivity index is 1.95. The van der Waals surface area contributed by atoms with Crippen molar-refractivity contribution in [2.24, 2.45) is 0 Å². The highest BCUT2D eigenvalue weighted by Gasteiger charge is 2.35. The minimum absolute atomic E-state index is 0.258. The van der Waals surface area contributed by atoms with Crippen molar-refractivity contribution in [1.82, 2.24) is 0 Å². The molecule has 2 amide bonds. The van der Waals surface area contributed by atoms with E-state index in [0.717, 1.165) is 40.7 Å². The minimum atomic E-state index is -0.258. The zero-order valence-corrected chi connectivity index (χ0v) is 16.7. The van der Waals surface area contributed by atoms with Crippen molar-refractivity contribution in [1.29, 1.82) is 0 Å². The van der Waals surface area contributed by atoms with Crippen LogP contribution in [-0.2, 0) is 0 Å². The summed E-state index contributed by atoms with van der Waals surface area (Å²) < 4.78 is 0. The molecule has 0 spiro atoms. The Morgan fingerprint density at radius 2 is 1.54 bits per heavy atom. The van der Waals surface area contributed by atoms with Gasteiger partial charge in [0.05, 0.1) is 5.69 Å². The Bertz CT molecular complexity index is 1090. The number of aryl methyl sites for hydroxylation is 2. The lowest BCUT2D eigenvalue weighted by molar-refractivity contribution is 0.0893. The van der Waals surface area contributed by atoms with Crippen LogP contribution in [0.2, 0.25) is 0 Å². The van der Waals surface area contributed by atoms with Crippen LogP contribution in [0.25, 0.3) is 10.8 Å². The van der Waals surface area contributed by atoms with Crippen LogP contribution in [-0.4, -0.2) is 24.9 Å². The lowest BCUT2D eigenvalue weighted by atomic mass is 9.92. The molecule has 0 saturated carbocycles. The molecule has 0 aliphatic carbocycles. The molecule has 4 heteroatoms. The number of carbonyl (C=O) groups is 2. The van der Waals surface area contributed by atoms with E-state index < -0.39 is 0 Å². The first-order valence-corrected chi connectivity index (χ1v) is 9.74. The maximum atomic E-state index is 13.4. The van der Waals surface area contributed by atoms with Crippen LogP contribution in [0, 0.1) is 13.8 Å². The molecule has 0 radical (unpaired) electrons. The summed E-state index contributed by atoms with van der Waals surface area (Å²) in [6.07, 6.45) is 0. The molecule has 3 aromatic carbocycles. The van der Waals surface area contributed by atoms with Crippen LogP contribution in [0.1, 0.15) is 45.7 Å². The van der Waals surface area contributed by atoms with E-state index in [0.29, 0.717) is 16.8 Å². The van der Waals surface area contributed by atoms with E-state index in [2.05, 4.69) is 18.7 Å². The van der Waals surface area contributed by atoms with Crippen LogP contribution in [0.3, 0.4) is 0 Å². The molecule has 28 heavy (non-hydrogen) atoms. The summed E-state index contributed by atoms with van der Waals surface area (Å²) in [5.41, 5.74) is 4.89. The van der Waals surface area contributed by atoms with Crippen LogP contribution in [0.5, 0.6) is 0 Å². The van der Waals surface area contributed by atoms with Crippen LogP contribution in [0.4, 0.5) is 11.4 Å². The minimum Gasteiger partial charge on any atom is -0.372 e. The lowest BCUT2D eigenvalue weighted by Gasteiger charge is -2.30. The van der Waals surface area contributed by atoms with Crippen molar-refractivity contribution in [3.05, 3.63) is 70.8 Å². The normalized spacial score (nSPS) is 13.4. The molecule has 0 atom stereocenters. The number of benzene rings is 3. The number of rotatable bonds is 4. The van der Waals surface area contributed by atoms with Gasteiger partial charge in [0.2, 0.25) is 0 Å². The smallest absolute Gasteiger partial charge is 0.265 e. The number of hydrogen-bond acceptors (Lipinski definition) is 3. The molecule has 3 aromatic rings. The van der Waals surface area contributed by atoms with E-state index in [-0.39, 0.29) is 11.8 Å². The topological polar surface area (TPSA) is 40.6 Å². The predicted octanol–water partition coefficient (Wildman–Crippen LogP) is 5.10. The van der Waals surface area contributed by atoms with E-state index in [4.69, 9.17) is 0 Å². The molecule has 0 unspecified atom stereocenters. The van der Waals surface area contributed by atoms with Gasteiger partial charge < -0.3 is 4.90 Å². The number of imide groups is 1. The number of amides is 2. The van der Waals surface area contributed by atoms with Gasteiger partial charge in [-0.1, -0.05) is 29.8 Å². The van der Waals surface area contributed by atoms with Gasteiger partial charge in [-0.2, -0.15) is 0 Å². The predicted molar refractivity (Wildman–Crippen MR) is 115 cm³/mol. The fourth-order valence-electron chi connectivity index (χ4n) is 4.20. The summed E-state index contributed by atoms with van der Waals surface area (Å²) in [6.45, 7) is 9.88. The SMILES string of the molecule is CCN(CC)c1ccc2c3c(cccc13)C(=O)N(c1ccc(C)cc1C)C2=O. The molecule has 142 valence electrons. The largest absolute Gasteiger partial charge is 0.372 e.